The Balaban J connectivity index is 2.09. The summed E-state index contributed by atoms with van der Waals surface area (Å²) >= 11 is 2.87. The molecule has 0 amide bonds. The lowest BCUT2D eigenvalue weighted by molar-refractivity contribution is 1.10. The molecule has 0 aromatic heterocycles. The minimum Gasteiger partial charge on any atom is -0.197 e. The third-order valence-electron chi connectivity index (χ3n) is 2.54. The van der Waals surface area contributed by atoms with Gasteiger partial charge in [-0.15, -0.1) is 23.5 Å². The molecule has 2 nitrogen and oxygen atoms in total. The Morgan fingerprint density at radius 3 is 1.30 bits per heavy atom. The number of hydrogen-bond acceptors (Lipinski definition) is 4. The van der Waals surface area contributed by atoms with E-state index in [-0.39, 0.29) is 0 Å². The van der Waals surface area contributed by atoms with Crippen LogP contribution < -0.4 is 0 Å². The molecule has 0 spiro atoms. The average Bonchev–Trinajstić information content (AvgIpc) is 2.52. The SMILES string of the molecule is N#CC(Sc1ccccc1)C(C#N)Sc1ccccc1. The van der Waals surface area contributed by atoms with Gasteiger partial charge in [0.25, 0.3) is 0 Å². The van der Waals surface area contributed by atoms with E-state index in [9.17, 15) is 10.5 Å². The maximum absolute atomic E-state index is 9.33. The minimum atomic E-state index is -0.396. The Hall–Kier alpha value is -1.88. The van der Waals surface area contributed by atoms with Crippen molar-refractivity contribution < 1.29 is 0 Å². The number of nitrogens with zero attached hydrogens (tertiary/aromatic N) is 2. The van der Waals surface area contributed by atoms with Crippen molar-refractivity contribution in [1.82, 2.24) is 0 Å². The molecular formula is C16H12N2S2. The minimum absolute atomic E-state index is 0.396. The molecule has 4 heteroatoms. The lowest BCUT2D eigenvalue weighted by Crippen LogP contribution is -2.16. The third kappa shape index (κ3) is 4.06. The van der Waals surface area contributed by atoms with Crippen molar-refractivity contribution in [3.05, 3.63) is 60.7 Å². The van der Waals surface area contributed by atoms with Crippen LogP contribution in [0.1, 0.15) is 0 Å². The maximum Gasteiger partial charge on any atom is 0.122 e. The molecule has 20 heavy (non-hydrogen) atoms. The fourth-order valence-electron chi connectivity index (χ4n) is 1.60. The molecule has 2 rings (SSSR count). The largest absolute Gasteiger partial charge is 0.197 e. The number of thioether (sulfide) groups is 2. The lowest BCUT2D eigenvalue weighted by atomic mass is 10.3. The van der Waals surface area contributed by atoms with Crippen molar-refractivity contribution in [2.24, 2.45) is 0 Å². The van der Waals surface area contributed by atoms with Gasteiger partial charge in [0.1, 0.15) is 10.5 Å². The summed E-state index contributed by atoms with van der Waals surface area (Å²) in [5.74, 6) is 0. The van der Waals surface area contributed by atoms with E-state index in [1.165, 1.54) is 23.5 Å². The second kappa shape index (κ2) is 7.65. The van der Waals surface area contributed by atoms with Crippen molar-refractivity contribution in [2.75, 3.05) is 0 Å². The van der Waals surface area contributed by atoms with Crippen molar-refractivity contribution in [3.8, 4) is 12.1 Å². The molecule has 2 unspecified atom stereocenters. The van der Waals surface area contributed by atoms with Crippen LogP contribution in [-0.2, 0) is 0 Å². The summed E-state index contributed by atoms with van der Waals surface area (Å²) in [5.41, 5.74) is 0. The highest BCUT2D eigenvalue weighted by molar-refractivity contribution is 8.04. The van der Waals surface area contributed by atoms with Gasteiger partial charge in [0, 0.05) is 9.79 Å². The molecule has 2 atom stereocenters. The van der Waals surface area contributed by atoms with Crippen molar-refractivity contribution in [2.45, 2.75) is 20.3 Å². The van der Waals surface area contributed by atoms with Gasteiger partial charge in [-0.1, -0.05) is 36.4 Å². The van der Waals surface area contributed by atoms with E-state index in [2.05, 4.69) is 12.1 Å². The van der Waals surface area contributed by atoms with Gasteiger partial charge in [-0.3, -0.25) is 0 Å². The molecular weight excluding hydrogens is 284 g/mol. The summed E-state index contributed by atoms with van der Waals surface area (Å²) in [7, 11) is 0. The highest BCUT2D eigenvalue weighted by atomic mass is 32.2. The highest BCUT2D eigenvalue weighted by Crippen LogP contribution is 2.33. The maximum atomic E-state index is 9.33. The molecule has 0 saturated heterocycles. The molecule has 0 aliphatic heterocycles. The van der Waals surface area contributed by atoms with Crippen LogP contribution in [0.2, 0.25) is 0 Å². The second-order valence-corrected chi connectivity index (χ2v) is 6.39. The van der Waals surface area contributed by atoms with Crippen LogP contribution in [0.15, 0.2) is 70.5 Å². The fourth-order valence-corrected chi connectivity index (χ4v) is 3.63. The quantitative estimate of drug-likeness (QED) is 0.769. The van der Waals surface area contributed by atoms with E-state index in [1.807, 2.05) is 60.7 Å². The van der Waals surface area contributed by atoms with Crippen LogP contribution in [0.3, 0.4) is 0 Å². The molecule has 0 radical (unpaired) electrons. The van der Waals surface area contributed by atoms with Crippen LogP contribution in [-0.4, -0.2) is 10.5 Å². The summed E-state index contributed by atoms with van der Waals surface area (Å²) in [6.07, 6.45) is 0. The molecule has 0 N–H and O–H groups in total. The first-order valence-electron chi connectivity index (χ1n) is 6.06. The first kappa shape index (κ1) is 14.5. The van der Waals surface area contributed by atoms with Gasteiger partial charge >= 0.3 is 0 Å². The predicted octanol–water partition coefficient (Wildman–Crippen LogP) is 4.36. The second-order valence-electron chi connectivity index (χ2n) is 3.96. The monoisotopic (exact) mass is 296 g/mol. The van der Waals surface area contributed by atoms with Gasteiger partial charge in [-0.05, 0) is 24.3 Å². The van der Waals surface area contributed by atoms with E-state index in [4.69, 9.17) is 0 Å². The summed E-state index contributed by atoms with van der Waals surface area (Å²) in [6.45, 7) is 0. The van der Waals surface area contributed by atoms with Crippen molar-refractivity contribution in [1.29, 1.82) is 10.5 Å². The number of benzene rings is 2. The smallest absolute Gasteiger partial charge is 0.122 e. The number of hydrogen-bond donors (Lipinski definition) is 0. The Bertz CT molecular complexity index is 557. The van der Waals surface area contributed by atoms with Gasteiger partial charge in [0.05, 0.1) is 12.1 Å². The highest BCUT2D eigenvalue weighted by Gasteiger charge is 2.23. The zero-order valence-electron chi connectivity index (χ0n) is 10.6. The topological polar surface area (TPSA) is 47.6 Å². The Labute approximate surface area is 127 Å². The Morgan fingerprint density at radius 2 is 1.00 bits per heavy atom. The van der Waals surface area contributed by atoms with Crippen LogP contribution >= 0.6 is 23.5 Å². The molecule has 0 aliphatic rings. The zero-order valence-corrected chi connectivity index (χ0v) is 12.3. The van der Waals surface area contributed by atoms with Gasteiger partial charge in [0.15, 0.2) is 0 Å². The summed E-state index contributed by atoms with van der Waals surface area (Å²) in [6, 6.07) is 23.9. The number of rotatable bonds is 5. The molecule has 98 valence electrons. The van der Waals surface area contributed by atoms with Gasteiger partial charge in [-0.25, -0.2) is 0 Å². The first-order chi connectivity index (χ1) is 9.83. The molecule has 0 bridgehead atoms. The summed E-state index contributed by atoms with van der Waals surface area (Å²) in [5, 5.41) is 17.9. The molecule has 2 aromatic rings. The third-order valence-corrected chi connectivity index (χ3v) is 5.07. The zero-order chi connectivity index (χ0) is 14.2. The van der Waals surface area contributed by atoms with Crippen molar-refractivity contribution in [3.63, 3.8) is 0 Å². The Morgan fingerprint density at radius 1 is 0.650 bits per heavy atom. The average molecular weight is 296 g/mol. The predicted molar refractivity (Wildman–Crippen MR) is 83.4 cm³/mol. The van der Waals surface area contributed by atoms with E-state index in [0.717, 1.165) is 9.79 Å². The standard InChI is InChI=1S/C16H12N2S2/c17-11-15(19-13-7-3-1-4-8-13)16(12-18)20-14-9-5-2-6-10-14/h1-10,15-16H. The van der Waals surface area contributed by atoms with Gasteiger partial charge < -0.3 is 0 Å². The van der Waals surface area contributed by atoms with Crippen LogP contribution in [0.25, 0.3) is 0 Å². The molecule has 2 aromatic carbocycles. The van der Waals surface area contributed by atoms with E-state index >= 15 is 0 Å². The normalized spacial score (nSPS) is 12.9. The van der Waals surface area contributed by atoms with E-state index in [1.54, 1.807) is 0 Å². The van der Waals surface area contributed by atoms with E-state index < -0.39 is 10.5 Å². The summed E-state index contributed by atoms with van der Waals surface area (Å²) in [4.78, 5) is 2.01. The molecule has 0 fully saturated rings. The van der Waals surface area contributed by atoms with Crippen molar-refractivity contribution >= 4 is 23.5 Å². The van der Waals surface area contributed by atoms with Crippen LogP contribution in [0.4, 0.5) is 0 Å². The molecule has 0 heterocycles. The Kier molecular flexibility index (Phi) is 5.55. The number of nitriles is 2. The fraction of sp³-hybridized carbons (Fsp3) is 0.125. The van der Waals surface area contributed by atoms with E-state index in [0.29, 0.717) is 0 Å². The summed E-state index contributed by atoms with van der Waals surface area (Å²) < 4.78 is 0. The van der Waals surface area contributed by atoms with Gasteiger partial charge in [0.2, 0.25) is 0 Å². The molecule has 0 aliphatic carbocycles. The van der Waals surface area contributed by atoms with Crippen LogP contribution in [0.5, 0.6) is 0 Å². The molecule has 0 saturated carbocycles. The lowest BCUT2D eigenvalue weighted by Gasteiger charge is -2.14. The van der Waals surface area contributed by atoms with Crippen LogP contribution in [0, 0.1) is 22.7 Å². The van der Waals surface area contributed by atoms with Gasteiger partial charge in [-0.2, -0.15) is 10.5 Å². The first-order valence-corrected chi connectivity index (χ1v) is 7.82.